The maximum atomic E-state index is 13.8. The van der Waals surface area contributed by atoms with Crippen LogP contribution >= 0.6 is 0 Å². The quantitative estimate of drug-likeness (QED) is 0.486. The van der Waals surface area contributed by atoms with Crippen molar-refractivity contribution in [3.63, 3.8) is 0 Å². The van der Waals surface area contributed by atoms with Gasteiger partial charge in [0.2, 0.25) is 0 Å². The summed E-state index contributed by atoms with van der Waals surface area (Å²) in [4.78, 5) is 15.6. The summed E-state index contributed by atoms with van der Waals surface area (Å²) in [5.74, 6) is 0.716. The van der Waals surface area contributed by atoms with Crippen molar-refractivity contribution in [2.24, 2.45) is 0 Å². The molecule has 0 N–H and O–H groups in total. The van der Waals surface area contributed by atoms with Crippen molar-refractivity contribution in [1.29, 1.82) is 0 Å². The zero-order valence-corrected chi connectivity index (χ0v) is 16.6. The van der Waals surface area contributed by atoms with E-state index in [1.54, 1.807) is 4.90 Å². The minimum atomic E-state index is -0.0565. The third-order valence-electron chi connectivity index (χ3n) is 4.92. The van der Waals surface area contributed by atoms with Gasteiger partial charge in [0.05, 0.1) is 6.61 Å². The van der Waals surface area contributed by atoms with Crippen LogP contribution in [0.3, 0.4) is 0 Å². The molecule has 0 aliphatic carbocycles. The molecule has 1 atom stereocenters. The number of carbonyl (C=O) groups is 1. The molecule has 3 aromatic carbocycles. The average Bonchev–Trinajstić information content (AvgIpc) is 3.59. The Kier molecular flexibility index (Phi) is 5.92. The summed E-state index contributed by atoms with van der Waals surface area (Å²) in [6.07, 6.45) is 1.88. The third-order valence-corrected chi connectivity index (χ3v) is 4.92. The molecule has 0 radical (unpaired) electrons. The van der Waals surface area contributed by atoms with E-state index in [4.69, 9.17) is 9.47 Å². The highest BCUT2D eigenvalue weighted by atomic mass is 16.6. The molecule has 29 heavy (non-hydrogen) atoms. The molecule has 4 nitrogen and oxygen atoms in total. The Morgan fingerprint density at radius 2 is 1.59 bits per heavy atom. The summed E-state index contributed by atoms with van der Waals surface area (Å²) in [5, 5.41) is 0. The highest BCUT2D eigenvalue weighted by Crippen LogP contribution is 2.31. The number of anilines is 2. The van der Waals surface area contributed by atoms with Gasteiger partial charge in [-0.2, -0.15) is 0 Å². The van der Waals surface area contributed by atoms with Gasteiger partial charge < -0.3 is 9.47 Å². The number of carbonyl (C=O) groups excluding carboxylic acids is 1. The molecule has 1 unspecified atom stereocenters. The van der Waals surface area contributed by atoms with Crippen LogP contribution in [0.1, 0.15) is 29.3 Å². The lowest BCUT2D eigenvalue weighted by molar-refractivity contribution is 0.0997. The van der Waals surface area contributed by atoms with E-state index in [-0.39, 0.29) is 12.0 Å². The van der Waals surface area contributed by atoms with Crippen molar-refractivity contribution in [3.8, 4) is 5.75 Å². The zero-order valence-electron chi connectivity index (χ0n) is 16.6. The highest BCUT2D eigenvalue weighted by molar-refractivity contribution is 6.12. The lowest BCUT2D eigenvalue weighted by Crippen LogP contribution is -2.27. The fraction of sp³-hybridized carbons (Fsp3) is 0.240. The molecule has 1 fully saturated rings. The fourth-order valence-electron chi connectivity index (χ4n) is 3.41. The number of epoxide rings is 1. The maximum Gasteiger partial charge on any atom is 0.263 e. The first-order valence-corrected chi connectivity index (χ1v) is 10.1. The number of amides is 1. The summed E-state index contributed by atoms with van der Waals surface area (Å²) >= 11 is 0. The van der Waals surface area contributed by atoms with Crippen LogP contribution in [0.5, 0.6) is 5.75 Å². The summed E-state index contributed by atoms with van der Waals surface area (Å²) in [6, 6.07) is 25.2. The van der Waals surface area contributed by atoms with E-state index in [9.17, 15) is 4.79 Å². The van der Waals surface area contributed by atoms with Gasteiger partial charge in [0, 0.05) is 22.5 Å². The molecule has 3 aromatic rings. The Bertz CT molecular complexity index is 913. The van der Waals surface area contributed by atoms with Crippen LogP contribution in [-0.4, -0.2) is 25.2 Å². The van der Waals surface area contributed by atoms with Crippen molar-refractivity contribution in [2.45, 2.75) is 25.9 Å². The minimum absolute atomic E-state index is 0.0565. The van der Waals surface area contributed by atoms with E-state index in [1.165, 1.54) is 0 Å². The molecular formula is C25H25NO3. The Balaban J connectivity index is 1.74. The molecule has 0 spiro atoms. The second-order valence-corrected chi connectivity index (χ2v) is 7.11. The first-order valence-electron chi connectivity index (χ1n) is 10.1. The van der Waals surface area contributed by atoms with Crippen LogP contribution in [0, 0.1) is 0 Å². The van der Waals surface area contributed by atoms with Crippen LogP contribution < -0.4 is 9.64 Å². The SMILES string of the molecule is CCCc1c(OCC2CO2)cccc1C(=O)N(c1ccccc1)c1ccccc1. The van der Waals surface area contributed by atoms with Crippen molar-refractivity contribution in [1.82, 2.24) is 0 Å². The fourth-order valence-corrected chi connectivity index (χ4v) is 3.41. The normalized spacial score (nSPS) is 15.0. The Hall–Kier alpha value is -3.11. The molecule has 1 aliphatic heterocycles. The molecule has 4 rings (SSSR count). The first kappa shape index (κ1) is 19.2. The van der Waals surface area contributed by atoms with E-state index in [0.717, 1.165) is 42.1 Å². The van der Waals surface area contributed by atoms with Gasteiger partial charge in [-0.15, -0.1) is 0 Å². The van der Waals surface area contributed by atoms with E-state index < -0.39 is 0 Å². The van der Waals surface area contributed by atoms with Crippen LogP contribution in [0.15, 0.2) is 78.9 Å². The summed E-state index contributed by atoms with van der Waals surface area (Å²) in [5.41, 5.74) is 3.30. The number of benzene rings is 3. The van der Waals surface area contributed by atoms with Crippen molar-refractivity contribution in [2.75, 3.05) is 18.1 Å². The Morgan fingerprint density at radius 1 is 0.966 bits per heavy atom. The Morgan fingerprint density at radius 3 is 2.14 bits per heavy atom. The van der Waals surface area contributed by atoms with Gasteiger partial charge in [-0.25, -0.2) is 0 Å². The number of rotatable bonds is 8. The molecule has 1 aliphatic rings. The van der Waals surface area contributed by atoms with Gasteiger partial charge in [0.25, 0.3) is 5.91 Å². The van der Waals surface area contributed by atoms with E-state index in [1.807, 2.05) is 78.9 Å². The average molecular weight is 387 g/mol. The van der Waals surface area contributed by atoms with Crippen LogP contribution in [-0.2, 0) is 11.2 Å². The topological polar surface area (TPSA) is 42.1 Å². The summed E-state index contributed by atoms with van der Waals surface area (Å²) < 4.78 is 11.3. The monoisotopic (exact) mass is 387 g/mol. The van der Waals surface area contributed by atoms with Crippen LogP contribution in [0.25, 0.3) is 0 Å². The second-order valence-electron chi connectivity index (χ2n) is 7.11. The van der Waals surface area contributed by atoms with Crippen LogP contribution in [0.4, 0.5) is 11.4 Å². The predicted molar refractivity (Wildman–Crippen MR) is 115 cm³/mol. The van der Waals surface area contributed by atoms with E-state index in [2.05, 4.69) is 6.92 Å². The Labute approximate surface area is 171 Å². The number of nitrogens with zero attached hydrogens (tertiary/aromatic N) is 1. The van der Waals surface area contributed by atoms with Crippen molar-refractivity contribution >= 4 is 17.3 Å². The van der Waals surface area contributed by atoms with Crippen molar-refractivity contribution in [3.05, 3.63) is 90.0 Å². The van der Waals surface area contributed by atoms with Gasteiger partial charge in [-0.05, 0) is 42.8 Å². The third kappa shape index (κ3) is 4.49. The summed E-state index contributed by atoms with van der Waals surface area (Å²) in [6.45, 7) is 3.38. The molecule has 0 bridgehead atoms. The molecule has 148 valence electrons. The largest absolute Gasteiger partial charge is 0.490 e. The number of ether oxygens (including phenoxy) is 2. The molecular weight excluding hydrogens is 362 g/mol. The van der Waals surface area contributed by atoms with Gasteiger partial charge in [-0.1, -0.05) is 55.8 Å². The number of hydrogen-bond acceptors (Lipinski definition) is 3. The molecule has 1 saturated heterocycles. The minimum Gasteiger partial charge on any atom is -0.490 e. The summed E-state index contributed by atoms with van der Waals surface area (Å²) in [7, 11) is 0. The lowest BCUT2D eigenvalue weighted by Gasteiger charge is -2.25. The van der Waals surface area contributed by atoms with Gasteiger partial charge in [0.1, 0.15) is 18.5 Å². The molecule has 4 heteroatoms. The lowest BCUT2D eigenvalue weighted by atomic mass is 10.00. The molecule has 0 aromatic heterocycles. The standard InChI is InChI=1S/C25H25NO3/c1-2-10-22-23(15-9-16-24(22)29-18-21-17-28-21)25(27)26(19-11-5-3-6-12-19)20-13-7-4-8-14-20/h3-9,11-16,21H,2,10,17-18H2,1H3. The maximum absolute atomic E-state index is 13.8. The predicted octanol–water partition coefficient (Wildman–Crippen LogP) is 5.40. The van der Waals surface area contributed by atoms with Gasteiger partial charge >= 0.3 is 0 Å². The molecule has 0 saturated carbocycles. The molecule has 1 heterocycles. The number of para-hydroxylation sites is 2. The zero-order chi connectivity index (χ0) is 20.1. The molecule has 1 amide bonds. The number of hydrogen-bond donors (Lipinski definition) is 0. The second kappa shape index (κ2) is 8.93. The van der Waals surface area contributed by atoms with Crippen LogP contribution in [0.2, 0.25) is 0 Å². The van der Waals surface area contributed by atoms with Crippen molar-refractivity contribution < 1.29 is 14.3 Å². The highest BCUT2D eigenvalue weighted by Gasteiger charge is 2.26. The van der Waals surface area contributed by atoms with Gasteiger partial charge in [-0.3, -0.25) is 9.69 Å². The first-order chi connectivity index (χ1) is 14.3. The van der Waals surface area contributed by atoms with E-state index >= 15 is 0 Å². The van der Waals surface area contributed by atoms with Gasteiger partial charge in [0.15, 0.2) is 0 Å². The smallest absolute Gasteiger partial charge is 0.263 e. The van der Waals surface area contributed by atoms with E-state index in [0.29, 0.717) is 12.2 Å².